The van der Waals surface area contributed by atoms with Crippen molar-refractivity contribution in [3.8, 4) is 5.75 Å². The smallest absolute Gasteiger partial charge is 0.258 e. The van der Waals surface area contributed by atoms with E-state index in [1.54, 1.807) is 35.9 Å². The number of fused-ring (bicyclic) bond motifs is 1. The highest BCUT2D eigenvalue weighted by molar-refractivity contribution is 5.45. The summed E-state index contributed by atoms with van der Waals surface area (Å²) in [4.78, 5) is 16.5. The zero-order chi connectivity index (χ0) is 12.0. The summed E-state index contributed by atoms with van der Waals surface area (Å²) in [6, 6.07) is 5.20. The number of ether oxygens (including phenoxy) is 1. The topological polar surface area (TPSA) is 43.6 Å². The zero-order valence-corrected chi connectivity index (χ0v) is 9.88. The van der Waals surface area contributed by atoms with Crippen molar-refractivity contribution in [3.05, 3.63) is 40.4 Å². The number of pyridine rings is 1. The average Bonchev–Trinajstić information content (AvgIpc) is 3.05. The van der Waals surface area contributed by atoms with E-state index in [2.05, 4.69) is 11.9 Å². The minimum absolute atomic E-state index is 0.0215. The van der Waals surface area contributed by atoms with Gasteiger partial charge in [0.05, 0.1) is 12.8 Å². The second-order valence-corrected chi connectivity index (χ2v) is 4.63. The quantitative estimate of drug-likeness (QED) is 0.790. The van der Waals surface area contributed by atoms with Crippen LogP contribution in [0.5, 0.6) is 5.75 Å². The van der Waals surface area contributed by atoms with Crippen LogP contribution in [0, 0.1) is 5.92 Å². The van der Waals surface area contributed by atoms with Crippen LogP contribution in [0.4, 0.5) is 0 Å². The summed E-state index contributed by atoms with van der Waals surface area (Å²) in [5.74, 6) is 1.83. The van der Waals surface area contributed by atoms with Crippen molar-refractivity contribution in [3.63, 3.8) is 0 Å². The minimum atomic E-state index is -0.0215. The number of hydrogen-bond donors (Lipinski definition) is 0. The van der Waals surface area contributed by atoms with E-state index in [0.29, 0.717) is 17.5 Å². The number of methoxy groups -OCH3 is 1. The number of rotatable bonds is 2. The van der Waals surface area contributed by atoms with Gasteiger partial charge in [0, 0.05) is 24.2 Å². The predicted molar refractivity (Wildman–Crippen MR) is 64.5 cm³/mol. The maximum atomic E-state index is 11.9. The monoisotopic (exact) mass is 230 g/mol. The summed E-state index contributed by atoms with van der Waals surface area (Å²) in [6.07, 6.45) is 2.83. The molecule has 2 atom stereocenters. The highest BCUT2D eigenvalue weighted by atomic mass is 16.5. The Labute approximate surface area is 98.9 Å². The van der Waals surface area contributed by atoms with Crippen LogP contribution in [0.25, 0.3) is 5.65 Å². The molecule has 1 saturated carbocycles. The van der Waals surface area contributed by atoms with Gasteiger partial charge in [0.2, 0.25) is 0 Å². The molecule has 1 aliphatic carbocycles. The fourth-order valence-electron chi connectivity index (χ4n) is 2.15. The average molecular weight is 230 g/mol. The van der Waals surface area contributed by atoms with Crippen LogP contribution in [0.15, 0.2) is 29.2 Å². The first-order valence-corrected chi connectivity index (χ1v) is 5.76. The Morgan fingerprint density at radius 1 is 1.47 bits per heavy atom. The molecule has 0 radical (unpaired) electrons. The molecular formula is C13H14N2O2. The standard InChI is InChI=1S/C13H14N2O2/c1-8-5-10(8)11-7-13(16)15-4-3-9(17-2)6-12(15)14-11/h3-4,6-8,10H,5H2,1-2H3. The van der Waals surface area contributed by atoms with Gasteiger partial charge in [0.1, 0.15) is 11.4 Å². The SMILES string of the molecule is COc1ccn2c(=O)cc(C3CC3C)nc2c1. The molecule has 0 bridgehead atoms. The van der Waals surface area contributed by atoms with E-state index < -0.39 is 0 Å². The first-order valence-electron chi connectivity index (χ1n) is 5.76. The number of hydrogen-bond acceptors (Lipinski definition) is 3. The summed E-state index contributed by atoms with van der Waals surface area (Å²) in [6.45, 7) is 2.18. The van der Waals surface area contributed by atoms with Gasteiger partial charge in [0.15, 0.2) is 0 Å². The van der Waals surface area contributed by atoms with Gasteiger partial charge in [-0.15, -0.1) is 0 Å². The highest BCUT2D eigenvalue weighted by Crippen LogP contribution is 2.45. The Morgan fingerprint density at radius 3 is 2.88 bits per heavy atom. The molecule has 4 heteroatoms. The summed E-state index contributed by atoms with van der Waals surface area (Å²) < 4.78 is 6.68. The molecule has 4 nitrogen and oxygen atoms in total. The van der Waals surface area contributed by atoms with Crippen molar-refractivity contribution in [1.29, 1.82) is 0 Å². The molecule has 0 saturated heterocycles. The molecule has 0 spiro atoms. The maximum Gasteiger partial charge on any atom is 0.258 e. The summed E-state index contributed by atoms with van der Waals surface area (Å²) in [5.41, 5.74) is 1.55. The van der Waals surface area contributed by atoms with Crippen LogP contribution in [0.1, 0.15) is 25.0 Å². The fraction of sp³-hybridized carbons (Fsp3) is 0.385. The third-order valence-electron chi connectivity index (χ3n) is 3.38. The molecule has 0 aliphatic heterocycles. The summed E-state index contributed by atoms with van der Waals surface area (Å²) in [7, 11) is 1.61. The van der Waals surface area contributed by atoms with E-state index >= 15 is 0 Å². The third-order valence-corrected chi connectivity index (χ3v) is 3.38. The Morgan fingerprint density at radius 2 is 2.24 bits per heavy atom. The van der Waals surface area contributed by atoms with Crippen LogP contribution in [0.3, 0.4) is 0 Å². The van der Waals surface area contributed by atoms with Crippen LogP contribution < -0.4 is 10.3 Å². The maximum absolute atomic E-state index is 11.9. The van der Waals surface area contributed by atoms with Crippen LogP contribution in [-0.4, -0.2) is 16.5 Å². The van der Waals surface area contributed by atoms with Gasteiger partial charge in [-0.05, 0) is 18.4 Å². The Bertz CT molecular complexity index is 633. The van der Waals surface area contributed by atoms with Crippen molar-refractivity contribution in [2.45, 2.75) is 19.3 Å². The molecule has 0 N–H and O–H groups in total. The van der Waals surface area contributed by atoms with Gasteiger partial charge in [-0.1, -0.05) is 6.92 Å². The molecule has 2 aromatic heterocycles. The molecule has 0 aromatic carbocycles. The Balaban J connectivity index is 2.19. The van der Waals surface area contributed by atoms with E-state index in [4.69, 9.17) is 4.74 Å². The van der Waals surface area contributed by atoms with E-state index in [1.165, 1.54) is 0 Å². The minimum Gasteiger partial charge on any atom is -0.497 e. The molecule has 17 heavy (non-hydrogen) atoms. The highest BCUT2D eigenvalue weighted by Gasteiger charge is 2.35. The molecule has 1 aliphatic rings. The first kappa shape index (κ1) is 10.3. The van der Waals surface area contributed by atoms with Gasteiger partial charge in [-0.3, -0.25) is 9.20 Å². The number of nitrogens with zero attached hydrogens (tertiary/aromatic N) is 2. The Hall–Kier alpha value is -1.84. The fourth-order valence-corrected chi connectivity index (χ4v) is 2.15. The van der Waals surface area contributed by atoms with E-state index in [1.807, 2.05) is 0 Å². The van der Waals surface area contributed by atoms with Crippen molar-refractivity contribution >= 4 is 5.65 Å². The molecule has 1 fully saturated rings. The van der Waals surface area contributed by atoms with Crippen molar-refractivity contribution in [1.82, 2.24) is 9.38 Å². The van der Waals surface area contributed by atoms with Gasteiger partial charge < -0.3 is 4.74 Å². The zero-order valence-electron chi connectivity index (χ0n) is 9.88. The summed E-state index contributed by atoms with van der Waals surface area (Å²) in [5, 5.41) is 0. The molecule has 0 amide bonds. The van der Waals surface area contributed by atoms with Crippen LogP contribution in [-0.2, 0) is 0 Å². The molecular weight excluding hydrogens is 216 g/mol. The van der Waals surface area contributed by atoms with E-state index in [9.17, 15) is 4.79 Å². The predicted octanol–water partition coefficient (Wildman–Crippen LogP) is 1.83. The largest absolute Gasteiger partial charge is 0.497 e. The van der Waals surface area contributed by atoms with E-state index in [-0.39, 0.29) is 5.56 Å². The molecule has 88 valence electrons. The molecule has 2 heterocycles. The lowest BCUT2D eigenvalue weighted by Crippen LogP contribution is -2.15. The lowest BCUT2D eigenvalue weighted by molar-refractivity contribution is 0.414. The third kappa shape index (κ3) is 1.69. The van der Waals surface area contributed by atoms with Crippen molar-refractivity contribution in [2.75, 3.05) is 7.11 Å². The second-order valence-electron chi connectivity index (χ2n) is 4.63. The summed E-state index contributed by atoms with van der Waals surface area (Å²) >= 11 is 0. The van der Waals surface area contributed by atoms with Gasteiger partial charge >= 0.3 is 0 Å². The molecule has 3 rings (SSSR count). The van der Waals surface area contributed by atoms with Crippen molar-refractivity contribution in [2.24, 2.45) is 5.92 Å². The lowest BCUT2D eigenvalue weighted by Gasteiger charge is -2.05. The Kier molecular flexibility index (Phi) is 2.18. The van der Waals surface area contributed by atoms with E-state index in [0.717, 1.165) is 17.9 Å². The van der Waals surface area contributed by atoms with Gasteiger partial charge in [0.25, 0.3) is 5.56 Å². The lowest BCUT2D eigenvalue weighted by atomic mass is 10.2. The van der Waals surface area contributed by atoms with Crippen LogP contribution >= 0.6 is 0 Å². The molecule has 2 aromatic rings. The van der Waals surface area contributed by atoms with Crippen molar-refractivity contribution < 1.29 is 4.74 Å². The molecule has 2 unspecified atom stereocenters. The normalized spacial score (nSPS) is 22.7. The second kappa shape index (κ2) is 3.58. The first-order chi connectivity index (χ1) is 8.19. The van der Waals surface area contributed by atoms with Gasteiger partial charge in [-0.25, -0.2) is 4.98 Å². The number of aromatic nitrogens is 2. The van der Waals surface area contributed by atoms with Crippen LogP contribution in [0.2, 0.25) is 0 Å². The van der Waals surface area contributed by atoms with Gasteiger partial charge in [-0.2, -0.15) is 0 Å².